The summed E-state index contributed by atoms with van der Waals surface area (Å²) in [6.07, 6.45) is 6.17. The van der Waals surface area contributed by atoms with E-state index in [1.165, 1.54) is 19.3 Å². The molecule has 0 aromatic rings. The van der Waals surface area contributed by atoms with E-state index in [4.69, 9.17) is 0 Å². The molecule has 0 spiro atoms. The zero-order valence-corrected chi connectivity index (χ0v) is 10.6. The van der Waals surface area contributed by atoms with Crippen LogP contribution >= 0.6 is 0 Å². The van der Waals surface area contributed by atoms with Gasteiger partial charge in [-0.2, -0.15) is 5.10 Å². The van der Waals surface area contributed by atoms with Gasteiger partial charge < -0.3 is 4.90 Å². The minimum atomic E-state index is 0.483. The molecule has 1 heterocycles. The smallest absolute Gasteiger partial charge is 0.121 e. The Morgan fingerprint density at radius 1 is 1.20 bits per heavy atom. The second-order valence-corrected chi connectivity index (χ2v) is 4.64. The topological polar surface area (TPSA) is 18.8 Å². The molecule has 0 aromatic heterocycles. The second kappa shape index (κ2) is 5.99. The van der Waals surface area contributed by atoms with Crippen LogP contribution < -0.4 is 0 Å². The Morgan fingerprint density at radius 3 is 2.47 bits per heavy atom. The van der Waals surface area contributed by atoms with Gasteiger partial charge in [0.1, 0.15) is 12.5 Å². The van der Waals surface area contributed by atoms with Gasteiger partial charge >= 0.3 is 0 Å². The van der Waals surface area contributed by atoms with Gasteiger partial charge in [0.15, 0.2) is 0 Å². The van der Waals surface area contributed by atoms with Crippen LogP contribution in [0.2, 0.25) is 0 Å². The molecule has 1 aliphatic rings. The molecule has 1 rings (SSSR count). The first-order valence-electron chi connectivity index (χ1n) is 6.27. The minimum absolute atomic E-state index is 0.483. The molecule has 0 aromatic carbocycles. The van der Waals surface area contributed by atoms with Gasteiger partial charge in [0.05, 0.1) is 0 Å². The molecule has 0 radical (unpaired) electrons. The average Bonchev–Trinajstić information content (AvgIpc) is 2.58. The van der Waals surface area contributed by atoms with Gasteiger partial charge in [0, 0.05) is 13.1 Å². The summed E-state index contributed by atoms with van der Waals surface area (Å²) in [5, 5.41) is 6.76. The average molecular weight is 211 g/mol. The summed E-state index contributed by atoms with van der Waals surface area (Å²) in [6.45, 7) is 11.2. The van der Waals surface area contributed by atoms with Crippen LogP contribution in [0.5, 0.6) is 0 Å². The Balaban J connectivity index is 2.54. The third-order valence-corrected chi connectivity index (χ3v) is 2.81. The first-order valence-corrected chi connectivity index (χ1v) is 6.27. The molecule has 1 unspecified atom stereocenters. The summed E-state index contributed by atoms with van der Waals surface area (Å²) < 4.78 is 0. The van der Waals surface area contributed by atoms with Crippen molar-refractivity contribution in [3.8, 4) is 0 Å². The van der Waals surface area contributed by atoms with Crippen LogP contribution in [0, 0.1) is 5.92 Å². The molecular weight excluding hydrogens is 186 g/mol. The maximum atomic E-state index is 4.51. The fourth-order valence-corrected chi connectivity index (χ4v) is 2.13. The van der Waals surface area contributed by atoms with Crippen molar-refractivity contribution in [2.45, 2.75) is 53.1 Å². The maximum absolute atomic E-state index is 4.51. The Kier molecular flexibility index (Phi) is 4.92. The highest BCUT2D eigenvalue weighted by Crippen LogP contribution is 2.20. The zero-order valence-electron chi connectivity index (χ0n) is 10.6. The lowest BCUT2D eigenvalue weighted by molar-refractivity contribution is 0.0879. The lowest BCUT2D eigenvalue weighted by atomic mass is 10.1. The van der Waals surface area contributed by atoms with Crippen LogP contribution in [-0.4, -0.2) is 35.5 Å². The van der Waals surface area contributed by atoms with E-state index in [2.05, 4.69) is 42.7 Å². The van der Waals surface area contributed by atoms with Gasteiger partial charge in [-0.15, -0.1) is 0 Å². The normalized spacial score (nSPS) is 20.7. The second-order valence-electron chi connectivity index (χ2n) is 4.64. The van der Waals surface area contributed by atoms with Gasteiger partial charge in [0.2, 0.25) is 0 Å². The van der Waals surface area contributed by atoms with Crippen LogP contribution in [0.15, 0.2) is 5.10 Å². The minimum Gasteiger partial charge on any atom is -0.339 e. The van der Waals surface area contributed by atoms with E-state index < -0.39 is 0 Å². The quantitative estimate of drug-likeness (QED) is 0.672. The molecule has 1 aliphatic heterocycles. The Hall–Kier alpha value is -0.730. The first-order chi connectivity index (χ1) is 7.20. The van der Waals surface area contributed by atoms with Crippen LogP contribution in [0.25, 0.3) is 0 Å². The Morgan fingerprint density at radius 2 is 1.93 bits per heavy atom. The van der Waals surface area contributed by atoms with Crippen molar-refractivity contribution in [2.75, 3.05) is 13.1 Å². The standard InChI is InChI=1S/C12H25N3/c1-5-7-9-15-12(11(3)4)14(8-6-2)10-13-15/h10-12H,5-9H2,1-4H3. The molecule has 88 valence electrons. The molecule has 0 amide bonds. The SMILES string of the molecule is CCCCN1N=CN(CCC)C1C(C)C. The lowest BCUT2D eigenvalue weighted by Crippen LogP contribution is -2.44. The maximum Gasteiger partial charge on any atom is 0.121 e. The van der Waals surface area contributed by atoms with E-state index in [1.807, 2.05) is 6.34 Å². The van der Waals surface area contributed by atoms with E-state index in [1.54, 1.807) is 0 Å². The molecular formula is C12H25N3. The number of rotatable bonds is 6. The summed E-state index contributed by atoms with van der Waals surface area (Å²) in [5.74, 6) is 0.635. The van der Waals surface area contributed by atoms with Crippen molar-refractivity contribution in [1.82, 2.24) is 9.91 Å². The number of hydrogen-bond donors (Lipinski definition) is 0. The van der Waals surface area contributed by atoms with Crippen molar-refractivity contribution in [2.24, 2.45) is 11.0 Å². The number of unbranched alkanes of at least 4 members (excludes halogenated alkanes) is 1. The third kappa shape index (κ3) is 3.11. The highest BCUT2D eigenvalue weighted by molar-refractivity contribution is 5.57. The van der Waals surface area contributed by atoms with Crippen LogP contribution in [0.3, 0.4) is 0 Å². The van der Waals surface area contributed by atoms with E-state index in [9.17, 15) is 0 Å². The summed E-state index contributed by atoms with van der Waals surface area (Å²) in [6, 6.07) is 0. The third-order valence-electron chi connectivity index (χ3n) is 2.81. The molecule has 0 N–H and O–H groups in total. The summed E-state index contributed by atoms with van der Waals surface area (Å²) in [5.41, 5.74) is 0. The van der Waals surface area contributed by atoms with Gasteiger partial charge in [-0.1, -0.05) is 34.1 Å². The van der Waals surface area contributed by atoms with Crippen LogP contribution in [0.4, 0.5) is 0 Å². The van der Waals surface area contributed by atoms with Crippen molar-refractivity contribution < 1.29 is 0 Å². The van der Waals surface area contributed by atoms with Crippen LogP contribution in [0.1, 0.15) is 47.0 Å². The van der Waals surface area contributed by atoms with Crippen molar-refractivity contribution in [1.29, 1.82) is 0 Å². The predicted octanol–water partition coefficient (Wildman–Crippen LogP) is 2.74. The van der Waals surface area contributed by atoms with E-state index in [-0.39, 0.29) is 0 Å². The molecule has 0 aliphatic carbocycles. The molecule has 15 heavy (non-hydrogen) atoms. The molecule has 0 fully saturated rings. The number of hydrazone groups is 1. The molecule has 3 heteroatoms. The molecule has 0 bridgehead atoms. The van der Waals surface area contributed by atoms with Crippen LogP contribution in [-0.2, 0) is 0 Å². The number of nitrogens with zero attached hydrogens (tertiary/aromatic N) is 3. The Bertz CT molecular complexity index is 201. The Labute approximate surface area is 94.1 Å². The first kappa shape index (κ1) is 12.3. The van der Waals surface area contributed by atoms with Crippen molar-refractivity contribution in [3.05, 3.63) is 0 Å². The van der Waals surface area contributed by atoms with E-state index in [0.717, 1.165) is 13.1 Å². The molecule has 0 saturated carbocycles. The van der Waals surface area contributed by atoms with Gasteiger partial charge in [-0.3, -0.25) is 5.01 Å². The molecule has 1 atom stereocenters. The fraction of sp³-hybridized carbons (Fsp3) is 0.917. The summed E-state index contributed by atoms with van der Waals surface area (Å²) >= 11 is 0. The predicted molar refractivity (Wildman–Crippen MR) is 65.7 cm³/mol. The van der Waals surface area contributed by atoms with E-state index in [0.29, 0.717) is 12.1 Å². The summed E-state index contributed by atoms with van der Waals surface area (Å²) in [4.78, 5) is 2.38. The van der Waals surface area contributed by atoms with Crippen molar-refractivity contribution in [3.63, 3.8) is 0 Å². The van der Waals surface area contributed by atoms with Gasteiger partial charge in [-0.25, -0.2) is 0 Å². The van der Waals surface area contributed by atoms with Gasteiger partial charge in [0.25, 0.3) is 0 Å². The fourth-order valence-electron chi connectivity index (χ4n) is 2.13. The van der Waals surface area contributed by atoms with E-state index >= 15 is 0 Å². The molecule has 3 nitrogen and oxygen atoms in total. The highest BCUT2D eigenvalue weighted by atomic mass is 15.6. The number of hydrogen-bond acceptors (Lipinski definition) is 3. The lowest BCUT2D eigenvalue weighted by Gasteiger charge is -2.33. The van der Waals surface area contributed by atoms with Gasteiger partial charge in [-0.05, 0) is 18.8 Å². The van der Waals surface area contributed by atoms with Crippen molar-refractivity contribution >= 4 is 6.34 Å². The monoisotopic (exact) mass is 211 g/mol. The largest absolute Gasteiger partial charge is 0.339 e. The molecule has 0 saturated heterocycles. The zero-order chi connectivity index (χ0) is 11.3. The highest BCUT2D eigenvalue weighted by Gasteiger charge is 2.29. The summed E-state index contributed by atoms with van der Waals surface area (Å²) in [7, 11) is 0.